The molecule has 1 atom stereocenters. The molecule has 1 rings (SSSR count). The van der Waals surface area contributed by atoms with Crippen molar-refractivity contribution in [3.8, 4) is 0 Å². The fraction of sp³-hybridized carbons (Fsp3) is 0.500. The van der Waals surface area contributed by atoms with Crippen molar-refractivity contribution in [1.29, 1.82) is 0 Å². The van der Waals surface area contributed by atoms with Crippen LogP contribution in [-0.4, -0.2) is 19.5 Å². The zero-order chi connectivity index (χ0) is 8.97. The first-order valence-electron chi connectivity index (χ1n) is 4.14. The van der Waals surface area contributed by atoms with Crippen LogP contribution in [0.4, 0.5) is 0 Å². The number of carbonyl (C=O) groups excluding carboxylic acids is 1. The van der Waals surface area contributed by atoms with Gasteiger partial charge in [-0.05, 0) is 30.9 Å². The predicted octanol–water partition coefficient (Wildman–Crippen LogP) is 1.87. The molecule has 0 aromatic carbocycles. The third kappa shape index (κ3) is 2.05. The monoisotopic (exact) mass is 166 g/mol. The molecule has 1 aliphatic carbocycles. The average molecular weight is 166 g/mol. The molecule has 1 unspecified atom stereocenters. The lowest BCUT2D eigenvalue weighted by Gasteiger charge is -2.16. The van der Waals surface area contributed by atoms with E-state index in [1.54, 1.807) is 7.11 Å². The van der Waals surface area contributed by atoms with E-state index in [4.69, 9.17) is 4.74 Å². The second kappa shape index (κ2) is 4.21. The quantitative estimate of drug-likeness (QED) is 0.472. The van der Waals surface area contributed by atoms with Crippen molar-refractivity contribution < 1.29 is 9.53 Å². The number of methoxy groups -OCH3 is 1. The summed E-state index contributed by atoms with van der Waals surface area (Å²) in [6, 6.07) is 0. The van der Waals surface area contributed by atoms with Gasteiger partial charge in [-0.3, -0.25) is 4.79 Å². The number of ether oxygens (including phenoxy) is 1. The van der Waals surface area contributed by atoms with Crippen molar-refractivity contribution in [2.45, 2.75) is 25.9 Å². The molecular weight excluding hydrogens is 152 g/mol. The van der Waals surface area contributed by atoms with E-state index in [-0.39, 0.29) is 6.10 Å². The number of hydrogen-bond acceptors (Lipinski definition) is 2. The summed E-state index contributed by atoms with van der Waals surface area (Å²) in [6.07, 6.45) is 6.75. The van der Waals surface area contributed by atoms with Gasteiger partial charge in [0.1, 0.15) is 6.29 Å². The maximum Gasteiger partial charge on any atom is 0.146 e. The minimum absolute atomic E-state index is 0.175. The minimum Gasteiger partial charge on any atom is -0.377 e. The van der Waals surface area contributed by atoms with Crippen LogP contribution in [0, 0.1) is 0 Å². The zero-order valence-electron chi connectivity index (χ0n) is 7.54. The van der Waals surface area contributed by atoms with Crippen molar-refractivity contribution in [3.05, 3.63) is 23.3 Å². The Bertz CT molecular complexity index is 226. The van der Waals surface area contributed by atoms with Gasteiger partial charge in [-0.2, -0.15) is 0 Å². The number of rotatable bonds is 3. The molecule has 0 radical (unpaired) electrons. The smallest absolute Gasteiger partial charge is 0.146 e. The van der Waals surface area contributed by atoms with Crippen LogP contribution in [0.25, 0.3) is 0 Å². The first-order chi connectivity index (χ1) is 5.77. The molecule has 0 aromatic heterocycles. The van der Waals surface area contributed by atoms with Crippen LogP contribution in [0.2, 0.25) is 0 Å². The van der Waals surface area contributed by atoms with Gasteiger partial charge in [-0.25, -0.2) is 0 Å². The molecule has 0 spiro atoms. The Hall–Kier alpha value is -0.890. The van der Waals surface area contributed by atoms with Crippen LogP contribution in [0.5, 0.6) is 0 Å². The van der Waals surface area contributed by atoms with Crippen molar-refractivity contribution in [2.24, 2.45) is 0 Å². The summed E-state index contributed by atoms with van der Waals surface area (Å²) in [6.45, 7) is 2.02. The van der Waals surface area contributed by atoms with E-state index in [9.17, 15) is 4.79 Å². The third-order valence-electron chi connectivity index (χ3n) is 2.23. The fourth-order valence-electron chi connectivity index (χ4n) is 1.24. The Kier molecular flexibility index (Phi) is 3.23. The first kappa shape index (κ1) is 9.20. The van der Waals surface area contributed by atoms with Crippen molar-refractivity contribution in [1.82, 2.24) is 0 Å². The number of allylic oxidation sites excluding steroid dienone is 3. The van der Waals surface area contributed by atoms with E-state index in [2.05, 4.69) is 6.08 Å². The van der Waals surface area contributed by atoms with Gasteiger partial charge < -0.3 is 4.74 Å². The number of hydrogen-bond donors (Lipinski definition) is 0. The first-order valence-corrected chi connectivity index (χ1v) is 4.14. The average Bonchev–Trinajstić information content (AvgIpc) is 2.17. The van der Waals surface area contributed by atoms with E-state index < -0.39 is 0 Å². The van der Waals surface area contributed by atoms with Gasteiger partial charge in [0.25, 0.3) is 0 Å². The normalized spacial score (nSPS) is 19.5. The van der Waals surface area contributed by atoms with E-state index >= 15 is 0 Å². The van der Waals surface area contributed by atoms with Crippen LogP contribution in [0.3, 0.4) is 0 Å². The summed E-state index contributed by atoms with van der Waals surface area (Å²) in [5, 5.41) is 0. The standard InChI is InChI=1S/C10H14O2/c1-8(12-2)10-5-3-9(7-11)4-6-10/h3,6-8H,4-5H2,1-2H3. The van der Waals surface area contributed by atoms with Crippen molar-refractivity contribution >= 4 is 6.29 Å². The highest BCUT2D eigenvalue weighted by Crippen LogP contribution is 2.19. The topological polar surface area (TPSA) is 26.3 Å². The molecule has 0 bridgehead atoms. The molecule has 0 amide bonds. The molecule has 0 aliphatic heterocycles. The molecule has 0 heterocycles. The molecular formula is C10H14O2. The lowest BCUT2D eigenvalue weighted by molar-refractivity contribution is -0.105. The summed E-state index contributed by atoms with van der Waals surface area (Å²) in [5.41, 5.74) is 2.14. The lowest BCUT2D eigenvalue weighted by Crippen LogP contribution is -2.10. The molecule has 2 heteroatoms. The van der Waals surface area contributed by atoms with Crippen molar-refractivity contribution in [2.75, 3.05) is 7.11 Å². The van der Waals surface area contributed by atoms with Gasteiger partial charge in [-0.15, -0.1) is 0 Å². The summed E-state index contributed by atoms with van der Waals surface area (Å²) >= 11 is 0. The largest absolute Gasteiger partial charge is 0.377 e. The second-order valence-electron chi connectivity index (χ2n) is 2.96. The van der Waals surface area contributed by atoms with Gasteiger partial charge in [0.05, 0.1) is 6.10 Å². The van der Waals surface area contributed by atoms with Crippen molar-refractivity contribution in [3.63, 3.8) is 0 Å². The third-order valence-corrected chi connectivity index (χ3v) is 2.23. The van der Waals surface area contributed by atoms with E-state index in [1.807, 2.05) is 13.0 Å². The lowest BCUT2D eigenvalue weighted by atomic mass is 9.97. The SMILES string of the molecule is COC(C)C1=CCC(C=O)=CC1. The molecule has 1 aliphatic rings. The zero-order valence-corrected chi connectivity index (χ0v) is 7.54. The minimum atomic E-state index is 0.175. The molecule has 0 aromatic rings. The summed E-state index contributed by atoms with van der Waals surface area (Å²) in [5.74, 6) is 0. The van der Waals surface area contributed by atoms with E-state index in [1.165, 1.54) is 5.57 Å². The van der Waals surface area contributed by atoms with Gasteiger partial charge in [0, 0.05) is 7.11 Å². The molecule has 0 N–H and O–H groups in total. The Morgan fingerprint density at radius 1 is 1.50 bits per heavy atom. The Morgan fingerprint density at radius 3 is 2.67 bits per heavy atom. The van der Waals surface area contributed by atoms with Crippen LogP contribution >= 0.6 is 0 Å². The Balaban J connectivity index is 2.54. The fourth-order valence-corrected chi connectivity index (χ4v) is 1.24. The second-order valence-corrected chi connectivity index (χ2v) is 2.96. The molecule has 12 heavy (non-hydrogen) atoms. The maximum absolute atomic E-state index is 10.4. The van der Waals surface area contributed by atoms with E-state index in [0.717, 1.165) is 24.7 Å². The van der Waals surface area contributed by atoms with Gasteiger partial charge >= 0.3 is 0 Å². The molecule has 2 nitrogen and oxygen atoms in total. The van der Waals surface area contributed by atoms with Gasteiger partial charge in [0.2, 0.25) is 0 Å². The predicted molar refractivity (Wildman–Crippen MR) is 47.9 cm³/mol. The Morgan fingerprint density at radius 2 is 2.25 bits per heavy atom. The summed E-state index contributed by atoms with van der Waals surface area (Å²) in [4.78, 5) is 10.4. The highest BCUT2D eigenvalue weighted by molar-refractivity contribution is 5.74. The number of carbonyl (C=O) groups is 1. The summed E-state index contributed by atoms with van der Waals surface area (Å²) < 4.78 is 5.17. The highest BCUT2D eigenvalue weighted by Gasteiger charge is 2.10. The highest BCUT2D eigenvalue weighted by atomic mass is 16.5. The Labute approximate surface area is 72.9 Å². The molecule has 66 valence electrons. The van der Waals surface area contributed by atoms with Crippen LogP contribution in [-0.2, 0) is 9.53 Å². The van der Waals surface area contributed by atoms with Crippen LogP contribution in [0.15, 0.2) is 23.3 Å². The van der Waals surface area contributed by atoms with E-state index in [0.29, 0.717) is 0 Å². The molecule has 0 saturated heterocycles. The summed E-state index contributed by atoms with van der Waals surface area (Å²) in [7, 11) is 1.70. The van der Waals surface area contributed by atoms with Gasteiger partial charge in [0.15, 0.2) is 0 Å². The molecule has 0 fully saturated rings. The van der Waals surface area contributed by atoms with Crippen LogP contribution in [0.1, 0.15) is 19.8 Å². The van der Waals surface area contributed by atoms with Gasteiger partial charge in [-0.1, -0.05) is 12.2 Å². The van der Waals surface area contributed by atoms with Crippen LogP contribution < -0.4 is 0 Å². The maximum atomic E-state index is 10.4. The molecule has 0 saturated carbocycles. The number of aldehydes is 1.